The lowest BCUT2D eigenvalue weighted by Gasteiger charge is -2.19. The topological polar surface area (TPSA) is 49.4 Å². The molecular formula is C23H20Cl3F3N2O2. The predicted molar refractivity (Wildman–Crippen MR) is 123 cm³/mol. The summed E-state index contributed by atoms with van der Waals surface area (Å²) in [7, 11) is 1.48. The van der Waals surface area contributed by atoms with Gasteiger partial charge >= 0.3 is 6.18 Å². The van der Waals surface area contributed by atoms with Crippen molar-refractivity contribution in [3.05, 3.63) is 73.7 Å². The van der Waals surface area contributed by atoms with Crippen LogP contribution >= 0.6 is 34.8 Å². The summed E-state index contributed by atoms with van der Waals surface area (Å²) in [5, 5.41) is 1.01. The summed E-state index contributed by atoms with van der Waals surface area (Å²) in [6, 6.07) is 6.88. The molecule has 33 heavy (non-hydrogen) atoms. The van der Waals surface area contributed by atoms with E-state index < -0.39 is 18.0 Å². The number of nitrogens with zero attached hydrogens (tertiary/aromatic N) is 1. The second kappa shape index (κ2) is 9.95. The van der Waals surface area contributed by atoms with Crippen LogP contribution in [0.4, 0.5) is 13.2 Å². The van der Waals surface area contributed by atoms with E-state index in [1.165, 1.54) is 30.3 Å². The molecule has 4 nitrogen and oxygen atoms in total. The van der Waals surface area contributed by atoms with Gasteiger partial charge in [-0.25, -0.2) is 0 Å². The lowest BCUT2D eigenvalue weighted by atomic mass is 9.96. The van der Waals surface area contributed by atoms with E-state index in [1.54, 1.807) is 13.0 Å². The van der Waals surface area contributed by atoms with Gasteiger partial charge in [-0.15, -0.1) is 0 Å². The summed E-state index contributed by atoms with van der Waals surface area (Å²) >= 11 is 17.7. The van der Waals surface area contributed by atoms with Crippen molar-refractivity contribution in [2.75, 3.05) is 7.05 Å². The second-order valence-corrected chi connectivity index (χ2v) is 9.06. The molecule has 2 amide bonds. The summed E-state index contributed by atoms with van der Waals surface area (Å²) in [5.41, 5.74) is 3.70. The fraction of sp³-hybridized carbons (Fsp3) is 0.304. The molecule has 1 N–H and O–H groups in total. The van der Waals surface area contributed by atoms with Crippen LogP contribution in [0.5, 0.6) is 0 Å². The lowest BCUT2D eigenvalue weighted by molar-refractivity contribution is -0.139. The first-order valence-electron chi connectivity index (χ1n) is 9.97. The van der Waals surface area contributed by atoms with E-state index in [-0.39, 0.29) is 32.5 Å². The first-order chi connectivity index (χ1) is 15.4. The van der Waals surface area contributed by atoms with E-state index in [4.69, 9.17) is 34.8 Å². The molecule has 1 aliphatic rings. The van der Waals surface area contributed by atoms with Gasteiger partial charge in [-0.05, 0) is 54.7 Å². The van der Waals surface area contributed by atoms with Crippen LogP contribution in [0, 0.1) is 12.8 Å². The highest BCUT2D eigenvalue weighted by molar-refractivity contribution is 6.48. The van der Waals surface area contributed by atoms with Crippen molar-refractivity contribution in [3.8, 4) is 0 Å². The summed E-state index contributed by atoms with van der Waals surface area (Å²) in [4.78, 5) is 24.5. The van der Waals surface area contributed by atoms with Crippen LogP contribution in [0.3, 0.4) is 0 Å². The van der Waals surface area contributed by atoms with E-state index in [9.17, 15) is 22.8 Å². The number of hydrogen-bond acceptors (Lipinski definition) is 2. The molecular weight excluding hydrogens is 500 g/mol. The number of carbonyl (C=O) groups excluding carboxylic acids is 2. The predicted octanol–water partition coefficient (Wildman–Crippen LogP) is 6.83. The van der Waals surface area contributed by atoms with Gasteiger partial charge in [0, 0.05) is 18.5 Å². The van der Waals surface area contributed by atoms with Gasteiger partial charge in [0.25, 0.3) is 5.91 Å². The molecule has 0 saturated heterocycles. The Morgan fingerprint density at radius 2 is 1.73 bits per heavy atom. The molecule has 2 aromatic carbocycles. The molecule has 0 aliphatic heterocycles. The Kier molecular flexibility index (Phi) is 7.66. The highest BCUT2D eigenvalue weighted by atomic mass is 35.5. The third kappa shape index (κ3) is 6.22. The van der Waals surface area contributed by atoms with E-state index in [0.717, 1.165) is 31.1 Å². The van der Waals surface area contributed by atoms with Crippen LogP contribution in [0.2, 0.25) is 15.1 Å². The molecule has 0 radical (unpaired) electrons. The number of hydrazine groups is 1. The number of carbonyl (C=O) groups is 2. The van der Waals surface area contributed by atoms with Gasteiger partial charge in [0.1, 0.15) is 0 Å². The van der Waals surface area contributed by atoms with Crippen LogP contribution in [0.25, 0.3) is 6.08 Å². The van der Waals surface area contributed by atoms with Crippen molar-refractivity contribution in [1.82, 2.24) is 10.4 Å². The first kappa shape index (κ1) is 25.4. The Hall–Kier alpha value is -2.22. The number of nitrogens with one attached hydrogen (secondary N) is 1. The van der Waals surface area contributed by atoms with Crippen LogP contribution in [0.1, 0.15) is 45.8 Å². The summed E-state index contributed by atoms with van der Waals surface area (Å²) in [6.07, 6.45) is -0.665. The average Bonchev–Trinajstić information content (AvgIpc) is 3.55. The van der Waals surface area contributed by atoms with Crippen molar-refractivity contribution in [3.63, 3.8) is 0 Å². The summed E-state index contributed by atoms with van der Waals surface area (Å²) < 4.78 is 41.1. The highest BCUT2D eigenvalue weighted by Gasteiger charge is 2.39. The number of halogens is 6. The molecule has 2 aromatic rings. The van der Waals surface area contributed by atoms with Crippen molar-refractivity contribution in [2.24, 2.45) is 5.92 Å². The third-order valence-corrected chi connectivity index (χ3v) is 6.42. The minimum absolute atomic E-state index is 0.0130. The van der Waals surface area contributed by atoms with Gasteiger partial charge in [0.05, 0.1) is 21.0 Å². The second-order valence-electron chi connectivity index (χ2n) is 7.86. The van der Waals surface area contributed by atoms with E-state index in [0.29, 0.717) is 16.7 Å². The number of benzene rings is 2. The SMILES string of the molecule is Cc1cc(C=CC(c2cc(Cl)c(Cl)c(Cl)c2)C(F)(F)F)ccc1C(=O)NN(C)C(=O)C1CC1. The minimum atomic E-state index is -4.59. The monoisotopic (exact) mass is 518 g/mol. The Balaban J connectivity index is 1.80. The molecule has 176 valence electrons. The zero-order valence-corrected chi connectivity index (χ0v) is 19.9. The fourth-order valence-corrected chi connectivity index (χ4v) is 3.90. The Morgan fingerprint density at radius 3 is 2.24 bits per heavy atom. The van der Waals surface area contributed by atoms with Gasteiger partial charge in [-0.3, -0.25) is 20.0 Å². The summed E-state index contributed by atoms with van der Waals surface area (Å²) in [6.45, 7) is 1.66. The van der Waals surface area contributed by atoms with Gasteiger partial charge in [-0.2, -0.15) is 13.2 Å². The van der Waals surface area contributed by atoms with Crippen LogP contribution < -0.4 is 5.43 Å². The standard InChI is InChI=1S/C23H20Cl3F3N2O2/c1-12-9-13(3-7-16(12)21(32)30-31(2)22(33)14-5-6-14)4-8-17(23(27,28)29)15-10-18(24)20(26)19(25)11-15/h3-4,7-11,14,17H,5-6H2,1-2H3,(H,30,32). The molecule has 1 aliphatic carbocycles. The molecule has 1 unspecified atom stereocenters. The molecule has 10 heteroatoms. The fourth-order valence-electron chi connectivity index (χ4n) is 3.29. The van der Waals surface area contributed by atoms with Gasteiger partial charge in [0.15, 0.2) is 0 Å². The van der Waals surface area contributed by atoms with Crippen molar-refractivity contribution < 1.29 is 22.8 Å². The molecule has 0 spiro atoms. The molecule has 0 aromatic heterocycles. The van der Waals surface area contributed by atoms with E-state index in [1.807, 2.05) is 0 Å². The Morgan fingerprint density at radius 1 is 1.12 bits per heavy atom. The maximum atomic E-state index is 13.7. The number of alkyl halides is 3. The first-order valence-corrected chi connectivity index (χ1v) is 11.1. The van der Waals surface area contributed by atoms with E-state index in [2.05, 4.69) is 5.43 Å². The normalized spacial score (nSPS) is 14.9. The van der Waals surface area contributed by atoms with Crippen LogP contribution in [-0.4, -0.2) is 30.0 Å². The van der Waals surface area contributed by atoms with Crippen molar-refractivity contribution >= 4 is 52.7 Å². The van der Waals surface area contributed by atoms with Crippen molar-refractivity contribution in [1.29, 1.82) is 0 Å². The lowest BCUT2D eigenvalue weighted by Crippen LogP contribution is -2.44. The molecule has 0 heterocycles. The van der Waals surface area contributed by atoms with Gasteiger partial charge in [-0.1, -0.05) is 59.1 Å². The number of amides is 2. The van der Waals surface area contributed by atoms with Gasteiger partial charge in [0.2, 0.25) is 5.91 Å². The number of allylic oxidation sites excluding steroid dienone is 1. The van der Waals surface area contributed by atoms with Crippen LogP contribution in [-0.2, 0) is 4.79 Å². The zero-order valence-electron chi connectivity index (χ0n) is 17.6. The highest BCUT2D eigenvalue weighted by Crippen LogP contribution is 2.41. The van der Waals surface area contributed by atoms with Crippen LogP contribution in [0.15, 0.2) is 36.4 Å². The maximum absolute atomic E-state index is 13.7. The Bertz CT molecular complexity index is 1090. The molecule has 3 rings (SSSR count). The molecule has 1 atom stereocenters. The third-order valence-electron chi connectivity index (χ3n) is 5.22. The smallest absolute Gasteiger partial charge is 0.273 e. The van der Waals surface area contributed by atoms with Gasteiger partial charge < -0.3 is 0 Å². The molecule has 1 saturated carbocycles. The minimum Gasteiger partial charge on any atom is -0.273 e. The molecule has 0 bridgehead atoms. The maximum Gasteiger partial charge on any atom is 0.399 e. The zero-order chi connectivity index (χ0) is 24.5. The summed E-state index contributed by atoms with van der Waals surface area (Å²) in [5.74, 6) is -2.63. The quantitative estimate of drug-likeness (QED) is 0.348. The molecule has 1 fully saturated rings. The largest absolute Gasteiger partial charge is 0.399 e. The number of hydrogen-bond donors (Lipinski definition) is 1. The number of rotatable bonds is 5. The van der Waals surface area contributed by atoms with Crippen molar-refractivity contribution in [2.45, 2.75) is 31.9 Å². The Labute approximate surface area is 204 Å². The number of aryl methyl sites for hydroxylation is 1. The van der Waals surface area contributed by atoms with E-state index >= 15 is 0 Å². The average molecular weight is 520 g/mol.